The molecule has 5 heteroatoms. The van der Waals surface area contributed by atoms with E-state index in [9.17, 15) is 4.79 Å². The first-order valence-electron chi connectivity index (χ1n) is 8.78. The molecule has 0 aliphatic carbocycles. The van der Waals surface area contributed by atoms with Crippen LogP contribution < -0.4 is 4.90 Å². The number of hydrogen-bond acceptors (Lipinski definition) is 3. The molecule has 2 fully saturated rings. The van der Waals surface area contributed by atoms with Crippen LogP contribution in [-0.2, 0) is 0 Å². The molecule has 1 aromatic carbocycles. The topological polar surface area (TPSA) is 42.6 Å². The second-order valence-electron chi connectivity index (χ2n) is 6.64. The minimum absolute atomic E-state index is 0.122. The number of amides is 1. The Morgan fingerprint density at radius 2 is 1.75 bits per heavy atom. The maximum atomic E-state index is 12.4. The van der Waals surface area contributed by atoms with Gasteiger partial charge < -0.3 is 14.8 Å². The summed E-state index contributed by atoms with van der Waals surface area (Å²) in [7, 11) is 0. The molecule has 1 aromatic heterocycles. The molecule has 4 rings (SSSR count). The van der Waals surface area contributed by atoms with E-state index in [1.807, 2.05) is 17.0 Å². The molecule has 1 N–H and O–H groups in total. The molecule has 2 aliphatic heterocycles. The van der Waals surface area contributed by atoms with Gasteiger partial charge in [-0.05, 0) is 30.7 Å². The van der Waals surface area contributed by atoms with Gasteiger partial charge in [0.15, 0.2) is 0 Å². The third-order valence-corrected chi connectivity index (χ3v) is 5.23. The molecule has 2 saturated heterocycles. The second kappa shape index (κ2) is 6.69. The third kappa shape index (κ3) is 3.04. The van der Waals surface area contributed by atoms with E-state index in [2.05, 4.69) is 45.1 Å². The number of H-pyrrole nitrogens is 1. The Bertz CT molecular complexity index is 662. The van der Waals surface area contributed by atoms with Gasteiger partial charge in [-0.1, -0.05) is 18.2 Å². The van der Waals surface area contributed by atoms with E-state index in [-0.39, 0.29) is 5.91 Å². The van der Waals surface area contributed by atoms with Crippen molar-refractivity contribution in [2.45, 2.75) is 12.5 Å². The zero-order valence-electron chi connectivity index (χ0n) is 13.9. The van der Waals surface area contributed by atoms with Gasteiger partial charge in [0.2, 0.25) is 0 Å². The fraction of sp³-hybridized carbons (Fsp3) is 0.421. The first-order valence-corrected chi connectivity index (χ1v) is 8.78. The van der Waals surface area contributed by atoms with Crippen molar-refractivity contribution in [2.75, 3.05) is 44.2 Å². The number of para-hydroxylation sites is 1. The van der Waals surface area contributed by atoms with Crippen molar-refractivity contribution in [3.05, 3.63) is 54.4 Å². The summed E-state index contributed by atoms with van der Waals surface area (Å²) < 4.78 is 0. The lowest BCUT2D eigenvalue weighted by Crippen LogP contribution is -2.52. The molecule has 0 radical (unpaired) electrons. The van der Waals surface area contributed by atoms with E-state index < -0.39 is 0 Å². The zero-order valence-corrected chi connectivity index (χ0v) is 13.9. The summed E-state index contributed by atoms with van der Waals surface area (Å²) in [5.74, 6) is 0.122. The fourth-order valence-electron chi connectivity index (χ4n) is 3.84. The van der Waals surface area contributed by atoms with Crippen LogP contribution >= 0.6 is 0 Å². The van der Waals surface area contributed by atoms with Gasteiger partial charge in [0.25, 0.3) is 5.91 Å². The summed E-state index contributed by atoms with van der Waals surface area (Å²) in [6.45, 7) is 5.80. The van der Waals surface area contributed by atoms with Gasteiger partial charge in [-0.3, -0.25) is 9.69 Å². The van der Waals surface area contributed by atoms with Crippen molar-refractivity contribution in [3.63, 3.8) is 0 Å². The van der Waals surface area contributed by atoms with Gasteiger partial charge in [-0.15, -0.1) is 0 Å². The number of carbonyl (C=O) groups excluding carboxylic acids is 1. The largest absolute Gasteiger partial charge is 0.370 e. The van der Waals surface area contributed by atoms with E-state index >= 15 is 0 Å². The van der Waals surface area contributed by atoms with Crippen LogP contribution in [0, 0.1) is 0 Å². The van der Waals surface area contributed by atoms with Gasteiger partial charge in [0, 0.05) is 57.2 Å². The van der Waals surface area contributed by atoms with Crippen molar-refractivity contribution in [3.8, 4) is 0 Å². The summed E-state index contributed by atoms with van der Waals surface area (Å²) >= 11 is 0. The molecule has 0 bridgehead atoms. The molecule has 0 spiro atoms. The molecule has 2 aliphatic rings. The Balaban J connectivity index is 1.31. The summed E-state index contributed by atoms with van der Waals surface area (Å²) in [4.78, 5) is 22.4. The van der Waals surface area contributed by atoms with Crippen molar-refractivity contribution >= 4 is 11.6 Å². The number of rotatable bonds is 3. The summed E-state index contributed by atoms with van der Waals surface area (Å²) in [6, 6.07) is 15.0. The van der Waals surface area contributed by atoms with Gasteiger partial charge in [-0.25, -0.2) is 0 Å². The maximum Gasteiger partial charge on any atom is 0.270 e. The van der Waals surface area contributed by atoms with E-state index in [1.165, 1.54) is 12.1 Å². The second-order valence-corrected chi connectivity index (χ2v) is 6.64. The van der Waals surface area contributed by atoms with Crippen LogP contribution in [0.1, 0.15) is 16.9 Å². The molecule has 1 amide bonds. The van der Waals surface area contributed by atoms with Crippen LogP contribution in [0.5, 0.6) is 0 Å². The highest BCUT2D eigenvalue weighted by Crippen LogP contribution is 2.23. The Kier molecular flexibility index (Phi) is 4.26. The average Bonchev–Trinajstić information content (AvgIpc) is 3.34. The number of hydrogen-bond donors (Lipinski definition) is 1. The highest BCUT2D eigenvalue weighted by molar-refractivity contribution is 5.92. The number of nitrogens with one attached hydrogen (secondary N) is 1. The quantitative estimate of drug-likeness (QED) is 0.940. The number of carbonyl (C=O) groups is 1. The van der Waals surface area contributed by atoms with E-state index in [1.54, 1.807) is 6.20 Å². The molecule has 0 saturated carbocycles. The number of aromatic nitrogens is 1. The molecular formula is C19H24N4O. The molecule has 126 valence electrons. The lowest BCUT2D eigenvalue weighted by atomic mass is 10.2. The molecule has 1 unspecified atom stereocenters. The number of nitrogens with zero attached hydrogens (tertiary/aromatic N) is 3. The predicted octanol–water partition coefficient (Wildman–Crippen LogP) is 2.05. The van der Waals surface area contributed by atoms with Gasteiger partial charge in [-0.2, -0.15) is 0 Å². The van der Waals surface area contributed by atoms with Crippen molar-refractivity contribution in [1.29, 1.82) is 0 Å². The van der Waals surface area contributed by atoms with Gasteiger partial charge in [0.05, 0.1) is 0 Å². The fourth-order valence-corrected chi connectivity index (χ4v) is 3.84. The van der Waals surface area contributed by atoms with Crippen molar-refractivity contribution in [2.24, 2.45) is 0 Å². The van der Waals surface area contributed by atoms with Crippen molar-refractivity contribution < 1.29 is 4.79 Å². The first kappa shape index (κ1) is 15.3. The summed E-state index contributed by atoms with van der Waals surface area (Å²) in [6.07, 6.45) is 3.01. The molecule has 2 aromatic rings. The van der Waals surface area contributed by atoms with Crippen LogP contribution in [0.2, 0.25) is 0 Å². The monoisotopic (exact) mass is 324 g/mol. The lowest BCUT2D eigenvalue weighted by Gasteiger charge is -2.37. The lowest BCUT2D eigenvalue weighted by molar-refractivity contribution is 0.0580. The predicted molar refractivity (Wildman–Crippen MR) is 95.3 cm³/mol. The number of anilines is 1. The number of aromatic amines is 1. The van der Waals surface area contributed by atoms with E-state index in [0.717, 1.165) is 39.3 Å². The summed E-state index contributed by atoms with van der Waals surface area (Å²) in [5.41, 5.74) is 2.01. The molecular weight excluding hydrogens is 300 g/mol. The van der Waals surface area contributed by atoms with Crippen molar-refractivity contribution in [1.82, 2.24) is 14.8 Å². The highest BCUT2D eigenvalue weighted by Gasteiger charge is 2.31. The third-order valence-electron chi connectivity index (χ3n) is 5.23. The standard InChI is InChI=1S/C19H24N4O/c24-19(18-7-4-9-20-18)22-13-11-21(12-14-22)17-8-10-23(15-17)16-5-2-1-3-6-16/h1-7,9,17,20H,8,10-15H2. The van der Waals surface area contributed by atoms with Gasteiger partial charge >= 0.3 is 0 Å². The highest BCUT2D eigenvalue weighted by atomic mass is 16.2. The Labute approximate surface area is 142 Å². The van der Waals surface area contributed by atoms with Crippen LogP contribution in [-0.4, -0.2) is 66.0 Å². The van der Waals surface area contributed by atoms with Crippen LogP contribution in [0.15, 0.2) is 48.7 Å². The minimum Gasteiger partial charge on any atom is -0.370 e. The minimum atomic E-state index is 0.122. The summed E-state index contributed by atoms with van der Waals surface area (Å²) in [5, 5.41) is 0. The van der Waals surface area contributed by atoms with Crippen LogP contribution in [0.3, 0.4) is 0 Å². The molecule has 5 nitrogen and oxygen atoms in total. The van der Waals surface area contributed by atoms with Crippen LogP contribution in [0.25, 0.3) is 0 Å². The Hall–Kier alpha value is -2.27. The van der Waals surface area contributed by atoms with E-state index in [0.29, 0.717) is 11.7 Å². The van der Waals surface area contributed by atoms with Crippen LogP contribution in [0.4, 0.5) is 5.69 Å². The SMILES string of the molecule is O=C(c1ccc[nH]1)N1CCN(C2CCN(c3ccccc3)C2)CC1. The molecule has 24 heavy (non-hydrogen) atoms. The Morgan fingerprint density at radius 1 is 0.958 bits per heavy atom. The zero-order chi connectivity index (χ0) is 16.4. The smallest absolute Gasteiger partial charge is 0.270 e. The average molecular weight is 324 g/mol. The maximum absolute atomic E-state index is 12.4. The molecule has 1 atom stereocenters. The number of benzene rings is 1. The normalized spacial score (nSPS) is 22.1. The van der Waals surface area contributed by atoms with Gasteiger partial charge in [0.1, 0.15) is 5.69 Å². The number of piperazine rings is 1. The van der Waals surface area contributed by atoms with E-state index in [4.69, 9.17) is 0 Å². The first-order chi connectivity index (χ1) is 11.8. The molecule has 3 heterocycles. The Morgan fingerprint density at radius 3 is 2.46 bits per heavy atom.